The molecule has 29 heavy (non-hydrogen) atoms. The molecule has 3 aromatic carbocycles. The summed E-state index contributed by atoms with van der Waals surface area (Å²) in [4.78, 5) is 16.5. The number of aromatic nitrogens is 1. The quantitative estimate of drug-likeness (QED) is 0.461. The molecule has 1 atom stereocenters. The minimum absolute atomic E-state index is 0.0319. The van der Waals surface area contributed by atoms with E-state index >= 15 is 0 Å². The summed E-state index contributed by atoms with van der Waals surface area (Å²) in [7, 11) is 0. The lowest BCUT2D eigenvalue weighted by molar-refractivity contribution is -0.125. The lowest BCUT2D eigenvalue weighted by Gasteiger charge is -2.26. The van der Waals surface area contributed by atoms with Crippen LogP contribution in [0.3, 0.4) is 0 Å². The maximum atomic E-state index is 13.1. The monoisotopic (exact) mass is 382 g/mol. The Morgan fingerprint density at radius 1 is 0.897 bits per heavy atom. The van der Waals surface area contributed by atoms with Crippen LogP contribution < -0.4 is 5.32 Å². The Morgan fingerprint density at radius 2 is 1.52 bits per heavy atom. The van der Waals surface area contributed by atoms with Crippen molar-refractivity contribution in [2.75, 3.05) is 6.54 Å². The van der Waals surface area contributed by atoms with Crippen LogP contribution >= 0.6 is 0 Å². The summed E-state index contributed by atoms with van der Waals surface area (Å²) < 4.78 is 0. The highest BCUT2D eigenvalue weighted by Gasteiger charge is 2.30. The van der Waals surface area contributed by atoms with Gasteiger partial charge in [-0.25, -0.2) is 0 Å². The van der Waals surface area contributed by atoms with Gasteiger partial charge in [0.2, 0.25) is 5.91 Å². The Kier molecular flexibility index (Phi) is 5.22. The highest BCUT2D eigenvalue weighted by molar-refractivity contribution is 5.88. The van der Waals surface area contributed by atoms with Gasteiger partial charge in [-0.15, -0.1) is 0 Å². The van der Waals surface area contributed by atoms with Crippen LogP contribution in [0.15, 0.2) is 91.1 Å². The number of carbonyl (C=O) groups is 1. The molecule has 2 N–H and O–H groups in total. The average molecular weight is 383 g/mol. The van der Waals surface area contributed by atoms with Crippen LogP contribution in [0.2, 0.25) is 0 Å². The summed E-state index contributed by atoms with van der Waals surface area (Å²) in [6.45, 7) is 4.49. The third-order valence-corrected chi connectivity index (χ3v) is 5.73. The molecule has 0 bridgehead atoms. The van der Waals surface area contributed by atoms with E-state index in [4.69, 9.17) is 0 Å². The fourth-order valence-corrected chi connectivity index (χ4v) is 3.88. The number of para-hydroxylation sites is 1. The number of H-pyrrole nitrogens is 1. The third kappa shape index (κ3) is 3.81. The van der Waals surface area contributed by atoms with Crippen LogP contribution in [0.4, 0.5) is 0 Å². The zero-order chi connectivity index (χ0) is 20.3. The number of hydrogen-bond acceptors (Lipinski definition) is 1. The van der Waals surface area contributed by atoms with Crippen molar-refractivity contribution in [3.8, 4) is 0 Å². The molecule has 1 heterocycles. The Morgan fingerprint density at radius 3 is 2.24 bits per heavy atom. The van der Waals surface area contributed by atoms with Crippen molar-refractivity contribution < 1.29 is 4.79 Å². The maximum absolute atomic E-state index is 13.1. The molecule has 4 aromatic rings. The molecule has 1 aromatic heterocycles. The van der Waals surface area contributed by atoms with Crippen LogP contribution in [0.1, 0.15) is 36.5 Å². The van der Waals surface area contributed by atoms with Gasteiger partial charge in [-0.1, -0.05) is 78.9 Å². The fourth-order valence-electron chi connectivity index (χ4n) is 3.88. The molecule has 4 rings (SSSR count). The van der Waals surface area contributed by atoms with Crippen LogP contribution in [0.25, 0.3) is 10.9 Å². The van der Waals surface area contributed by atoms with E-state index in [-0.39, 0.29) is 11.8 Å². The second-order valence-electron chi connectivity index (χ2n) is 7.95. The lowest BCUT2D eigenvalue weighted by atomic mass is 9.83. The van der Waals surface area contributed by atoms with Gasteiger partial charge in [0.1, 0.15) is 0 Å². The molecule has 0 saturated carbocycles. The van der Waals surface area contributed by atoms with E-state index in [9.17, 15) is 4.79 Å². The topological polar surface area (TPSA) is 44.9 Å². The molecule has 0 spiro atoms. The van der Waals surface area contributed by atoms with Crippen molar-refractivity contribution in [3.63, 3.8) is 0 Å². The van der Waals surface area contributed by atoms with Gasteiger partial charge >= 0.3 is 0 Å². The summed E-state index contributed by atoms with van der Waals surface area (Å²) in [6.07, 6.45) is 2.07. The molecule has 0 aliphatic heterocycles. The fraction of sp³-hybridized carbons (Fsp3) is 0.192. The van der Waals surface area contributed by atoms with E-state index in [1.165, 1.54) is 16.5 Å². The largest absolute Gasteiger partial charge is 0.361 e. The van der Waals surface area contributed by atoms with E-state index in [1.807, 2.05) is 68.4 Å². The number of nitrogens with one attached hydrogen (secondary N) is 2. The summed E-state index contributed by atoms with van der Waals surface area (Å²) in [6, 6.07) is 28.6. The summed E-state index contributed by atoms with van der Waals surface area (Å²) in [5, 5.41) is 4.41. The molecule has 146 valence electrons. The third-order valence-electron chi connectivity index (χ3n) is 5.73. The van der Waals surface area contributed by atoms with Crippen molar-refractivity contribution in [1.82, 2.24) is 10.3 Å². The molecule has 0 saturated heterocycles. The van der Waals surface area contributed by atoms with Gasteiger partial charge in [0, 0.05) is 29.6 Å². The van der Waals surface area contributed by atoms with Crippen molar-refractivity contribution in [1.29, 1.82) is 0 Å². The van der Waals surface area contributed by atoms with Crippen molar-refractivity contribution >= 4 is 16.8 Å². The molecule has 1 amide bonds. The van der Waals surface area contributed by atoms with Crippen molar-refractivity contribution in [2.24, 2.45) is 0 Å². The number of carbonyl (C=O) groups excluding carboxylic acids is 1. The second-order valence-corrected chi connectivity index (χ2v) is 7.95. The highest BCUT2D eigenvalue weighted by atomic mass is 16.2. The molecule has 3 nitrogen and oxygen atoms in total. The molecule has 0 radical (unpaired) electrons. The number of rotatable bonds is 6. The van der Waals surface area contributed by atoms with Gasteiger partial charge in [-0.2, -0.15) is 0 Å². The molecular weight excluding hydrogens is 356 g/mol. The van der Waals surface area contributed by atoms with Gasteiger partial charge < -0.3 is 10.3 Å². The molecule has 0 fully saturated rings. The smallest absolute Gasteiger partial charge is 0.230 e. The van der Waals surface area contributed by atoms with Gasteiger partial charge in [0.05, 0.1) is 5.41 Å². The van der Waals surface area contributed by atoms with Crippen LogP contribution in [0, 0.1) is 0 Å². The molecule has 0 aliphatic rings. The van der Waals surface area contributed by atoms with Crippen LogP contribution in [-0.2, 0) is 10.2 Å². The Bertz CT molecular complexity index is 1100. The second kappa shape index (κ2) is 7.96. The van der Waals surface area contributed by atoms with Crippen molar-refractivity contribution in [2.45, 2.75) is 25.2 Å². The van der Waals surface area contributed by atoms with Gasteiger partial charge in [-0.05, 0) is 36.6 Å². The van der Waals surface area contributed by atoms with E-state index in [1.54, 1.807) is 0 Å². The normalized spacial score (nSPS) is 12.6. The number of benzene rings is 3. The SMILES string of the molecule is CC(C)(C(=O)NCC(c1ccccc1)c1c[nH]c2ccccc12)c1ccccc1. The molecule has 3 heteroatoms. The number of fused-ring (bicyclic) bond motifs is 1. The van der Waals surface area contributed by atoms with Gasteiger partial charge in [0.25, 0.3) is 0 Å². The Hall–Kier alpha value is -3.33. The summed E-state index contributed by atoms with van der Waals surface area (Å²) in [5.41, 5.74) is 3.92. The Labute approximate surface area is 171 Å². The molecular formula is C26H26N2O. The van der Waals surface area contributed by atoms with Gasteiger partial charge in [0.15, 0.2) is 0 Å². The highest BCUT2D eigenvalue weighted by Crippen LogP contribution is 2.31. The zero-order valence-electron chi connectivity index (χ0n) is 16.9. The van der Waals surface area contributed by atoms with E-state index in [0.29, 0.717) is 6.54 Å². The van der Waals surface area contributed by atoms with Crippen molar-refractivity contribution in [3.05, 3.63) is 108 Å². The molecule has 1 unspecified atom stereocenters. The number of hydrogen-bond donors (Lipinski definition) is 2. The average Bonchev–Trinajstić information content (AvgIpc) is 3.19. The van der Waals surface area contributed by atoms with Crippen LogP contribution in [-0.4, -0.2) is 17.4 Å². The lowest BCUT2D eigenvalue weighted by Crippen LogP contribution is -2.41. The number of amides is 1. The molecule has 0 aliphatic carbocycles. The minimum atomic E-state index is -0.595. The standard InChI is InChI=1S/C26H26N2O/c1-26(2,20-13-7-4-8-14-20)25(29)28-17-22(19-11-5-3-6-12-19)23-18-27-24-16-10-9-15-21(23)24/h3-16,18,22,27H,17H2,1-2H3,(H,28,29). The van der Waals surface area contributed by atoms with Crippen LogP contribution in [0.5, 0.6) is 0 Å². The first-order valence-electron chi connectivity index (χ1n) is 10.0. The number of aromatic amines is 1. The first kappa shape index (κ1) is 19.0. The summed E-state index contributed by atoms with van der Waals surface area (Å²) in [5.74, 6) is 0.104. The summed E-state index contributed by atoms with van der Waals surface area (Å²) >= 11 is 0. The predicted octanol–water partition coefficient (Wildman–Crippen LogP) is 5.39. The first-order chi connectivity index (χ1) is 14.1. The minimum Gasteiger partial charge on any atom is -0.361 e. The van der Waals surface area contributed by atoms with E-state index in [2.05, 4.69) is 46.8 Å². The van der Waals surface area contributed by atoms with E-state index in [0.717, 1.165) is 11.1 Å². The Balaban J connectivity index is 1.62. The van der Waals surface area contributed by atoms with E-state index < -0.39 is 5.41 Å². The van der Waals surface area contributed by atoms with Gasteiger partial charge in [-0.3, -0.25) is 4.79 Å². The maximum Gasteiger partial charge on any atom is 0.230 e. The zero-order valence-corrected chi connectivity index (χ0v) is 16.9. The first-order valence-corrected chi connectivity index (χ1v) is 10.0. The predicted molar refractivity (Wildman–Crippen MR) is 119 cm³/mol.